The molecule has 3 heterocycles. The number of hydrogen-bond acceptors (Lipinski definition) is 4. The summed E-state index contributed by atoms with van der Waals surface area (Å²) in [6.45, 7) is 3.21. The van der Waals surface area contributed by atoms with Crippen molar-refractivity contribution in [2.45, 2.75) is 44.9 Å². The molecule has 6 nitrogen and oxygen atoms in total. The molecule has 180 valence electrons. The van der Waals surface area contributed by atoms with E-state index in [2.05, 4.69) is 77.8 Å². The highest BCUT2D eigenvalue weighted by Gasteiger charge is 2.39. The number of anilines is 1. The van der Waals surface area contributed by atoms with Crippen molar-refractivity contribution in [1.82, 2.24) is 10.2 Å². The molecule has 0 bridgehead atoms. The van der Waals surface area contributed by atoms with Crippen LogP contribution in [0.25, 0.3) is 6.08 Å². The molecular weight excluding hydrogens is 450 g/mol. The number of aryl methyl sites for hydroxylation is 1. The Balaban J connectivity index is 1.31. The van der Waals surface area contributed by atoms with Gasteiger partial charge in [0.2, 0.25) is 11.8 Å². The molecule has 3 aliphatic heterocycles. The van der Waals surface area contributed by atoms with Gasteiger partial charge in [-0.2, -0.15) is 0 Å². The van der Waals surface area contributed by atoms with Crippen molar-refractivity contribution in [3.63, 3.8) is 0 Å². The van der Waals surface area contributed by atoms with Gasteiger partial charge in [-0.25, -0.2) is 0 Å². The van der Waals surface area contributed by atoms with E-state index >= 15 is 0 Å². The standard InChI is InChI=1S/C30H27N3O3/c1-19-6-5-9-22-11-13-25(21-7-3-2-4-8-21)32(28(19)22)17-20-10-12-24-23(16-20)18-33(30(24)36)26-14-15-27(34)31-29(26)35/h2-13,16,25-26H,14-15,17-18H2,1H3,(H,31,34,35). The molecule has 0 radical (unpaired) electrons. The first kappa shape index (κ1) is 22.3. The highest BCUT2D eigenvalue weighted by molar-refractivity contribution is 6.05. The zero-order valence-electron chi connectivity index (χ0n) is 20.1. The highest BCUT2D eigenvalue weighted by Crippen LogP contribution is 2.40. The van der Waals surface area contributed by atoms with E-state index in [0.29, 0.717) is 25.1 Å². The molecule has 1 saturated heterocycles. The maximum Gasteiger partial charge on any atom is 0.255 e. The summed E-state index contributed by atoms with van der Waals surface area (Å²) in [6, 6.07) is 22.3. The van der Waals surface area contributed by atoms with Crippen molar-refractivity contribution in [2.75, 3.05) is 4.90 Å². The number of rotatable bonds is 4. The van der Waals surface area contributed by atoms with Gasteiger partial charge in [-0.3, -0.25) is 19.7 Å². The van der Waals surface area contributed by atoms with Crippen molar-refractivity contribution in [2.24, 2.45) is 0 Å². The largest absolute Gasteiger partial charge is 0.356 e. The lowest BCUT2D eigenvalue weighted by Crippen LogP contribution is -2.52. The van der Waals surface area contributed by atoms with Crippen LogP contribution in [0.5, 0.6) is 0 Å². The van der Waals surface area contributed by atoms with Crippen molar-refractivity contribution in [3.8, 4) is 0 Å². The lowest BCUT2D eigenvalue weighted by atomic mass is 9.94. The Morgan fingerprint density at radius 3 is 2.61 bits per heavy atom. The Morgan fingerprint density at radius 2 is 1.81 bits per heavy atom. The summed E-state index contributed by atoms with van der Waals surface area (Å²) in [5.74, 6) is -0.803. The molecule has 2 unspecified atom stereocenters. The Kier molecular flexibility index (Phi) is 5.44. The molecule has 1 fully saturated rings. The quantitative estimate of drug-likeness (QED) is 0.561. The third-order valence-corrected chi connectivity index (χ3v) is 7.43. The lowest BCUT2D eigenvalue weighted by molar-refractivity contribution is -0.136. The normalized spacial score (nSPS) is 20.9. The number of benzene rings is 3. The minimum absolute atomic E-state index is 0.0923. The SMILES string of the molecule is Cc1cccc2c1N(Cc1ccc3c(c1)CN(C1CCC(=O)NC1=O)C3=O)C(c1ccccc1)C=C2. The Labute approximate surface area is 210 Å². The van der Waals surface area contributed by atoms with E-state index in [1.54, 1.807) is 4.90 Å². The smallest absolute Gasteiger partial charge is 0.255 e. The number of carbonyl (C=O) groups is 3. The number of piperidine rings is 1. The van der Waals surface area contributed by atoms with Gasteiger partial charge in [-0.15, -0.1) is 0 Å². The van der Waals surface area contributed by atoms with E-state index in [1.807, 2.05) is 18.2 Å². The number of carbonyl (C=O) groups excluding carboxylic acids is 3. The van der Waals surface area contributed by atoms with Crippen LogP contribution >= 0.6 is 0 Å². The maximum atomic E-state index is 13.1. The summed E-state index contributed by atoms with van der Waals surface area (Å²) in [5.41, 5.74) is 7.53. The van der Waals surface area contributed by atoms with Crippen molar-refractivity contribution >= 4 is 29.5 Å². The number of fused-ring (bicyclic) bond motifs is 2. The predicted octanol–water partition coefficient (Wildman–Crippen LogP) is 4.53. The van der Waals surface area contributed by atoms with E-state index in [1.165, 1.54) is 22.4 Å². The van der Waals surface area contributed by atoms with E-state index in [0.717, 1.165) is 11.1 Å². The molecule has 2 atom stereocenters. The van der Waals surface area contributed by atoms with Gasteiger partial charge in [-0.1, -0.05) is 72.8 Å². The van der Waals surface area contributed by atoms with Gasteiger partial charge in [0, 0.05) is 30.8 Å². The fourth-order valence-corrected chi connectivity index (χ4v) is 5.69. The molecule has 6 heteroatoms. The molecule has 3 aliphatic rings. The Morgan fingerprint density at radius 1 is 0.972 bits per heavy atom. The summed E-state index contributed by atoms with van der Waals surface area (Å²) in [5, 5.41) is 2.37. The van der Waals surface area contributed by atoms with Crippen LogP contribution < -0.4 is 10.2 Å². The van der Waals surface area contributed by atoms with Crippen molar-refractivity contribution in [1.29, 1.82) is 0 Å². The number of nitrogens with zero attached hydrogens (tertiary/aromatic N) is 2. The average molecular weight is 478 g/mol. The Hall–Kier alpha value is -4.19. The predicted molar refractivity (Wildman–Crippen MR) is 138 cm³/mol. The van der Waals surface area contributed by atoms with Gasteiger partial charge in [0.05, 0.1) is 6.04 Å². The molecule has 3 aromatic carbocycles. The van der Waals surface area contributed by atoms with Crippen LogP contribution in [-0.2, 0) is 22.7 Å². The van der Waals surface area contributed by atoms with Crippen LogP contribution in [0.1, 0.15) is 57.1 Å². The zero-order chi connectivity index (χ0) is 24.8. The van der Waals surface area contributed by atoms with Gasteiger partial charge in [0.15, 0.2) is 0 Å². The van der Waals surface area contributed by atoms with Gasteiger partial charge >= 0.3 is 0 Å². The molecular formula is C30H27N3O3. The summed E-state index contributed by atoms with van der Waals surface area (Å²) in [6.07, 6.45) is 5.07. The lowest BCUT2D eigenvalue weighted by Gasteiger charge is -2.37. The molecule has 6 rings (SSSR count). The first-order valence-corrected chi connectivity index (χ1v) is 12.4. The second kappa shape index (κ2) is 8.79. The molecule has 0 saturated carbocycles. The van der Waals surface area contributed by atoms with E-state index in [-0.39, 0.29) is 30.2 Å². The van der Waals surface area contributed by atoms with Gasteiger partial charge < -0.3 is 9.80 Å². The van der Waals surface area contributed by atoms with E-state index in [4.69, 9.17) is 0 Å². The number of para-hydroxylation sites is 1. The second-order valence-corrected chi connectivity index (χ2v) is 9.75. The van der Waals surface area contributed by atoms with Crippen LogP contribution in [0.15, 0.2) is 72.8 Å². The summed E-state index contributed by atoms with van der Waals surface area (Å²) in [7, 11) is 0. The van der Waals surface area contributed by atoms with Gasteiger partial charge in [-0.05, 0) is 47.2 Å². The highest BCUT2D eigenvalue weighted by atomic mass is 16.2. The fourth-order valence-electron chi connectivity index (χ4n) is 5.69. The van der Waals surface area contributed by atoms with Crippen LogP contribution in [0.3, 0.4) is 0 Å². The first-order valence-electron chi connectivity index (χ1n) is 12.4. The van der Waals surface area contributed by atoms with Crippen LogP contribution in [0, 0.1) is 6.92 Å². The summed E-state index contributed by atoms with van der Waals surface area (Å²) in [4.78, 5) is 41.1. The Bertz CT molecular complexity index is 1410. The second-order valence-electron chi connectivity index (χ2n) is 9.75. The van der Waals surface area contributed by atoms with E-state index < -0.39 is 6.04 Å². The molecule has 0 aliphatic carbocycles. The monoisotopic (exact) mass is 477 g/mol. The van der Waals surface area contributed by atoms with Crippen LogP contribution in [0.2, 0.25) is 0 Å². The van der Waals surface area contributed by atoms with Crippen molar-refractivity contribution in [3.05, 3.63) is 106 Å². The van der Waals surface area contributed by atoms with Crippen molar-refractivity contribution < 1.29 is 14.4 Å². The summed E-state index contributed by atoms with van der Waals surface area (Å²) < 4.78 is 0. The third-order valence-electron chi connectivity index (χ3n) is 7.43. The number of imide groups is 1. The average Bonchev–Trinajstić information content (AvgIpc) is 3.20. The third kappa shape index (κ3) is 3.79. The molecule has 36 heavy (non-hydrogen) atoms. The number of nitrogens with one attached hydrogen (secondary N) is 1. The minimum Gasteiger partial charge on any atom is -0.356 e. The molecule has 0 aromatic heterocycles. The zero-order valence-corrected chi connectivity index (χ0v) is 20.1. The first-order chi connectivity index (χ1) is 17.5. The van der Waals surface area contributed by atoms with Gasteiger partial charge in [0.1, 0.15) is 6.04 Å². The number of hydrogen-bond donors (Lipinski definition) is 1. The molecule has 1 N–H and O–H groups in total. The minimum atomic E-state index is -0.602. The van der Waals surface area contributed by atoms with Crippen LogP contribution in [-0.4, -0.2) is 28.7 Å². The van der Waals surface area contributed by atoms with Crippen LogP contribution in [0.4, 0.5) is 5.69 Å². The number of amides is 3. The topological polar surface area (TPSA) is 69.7 Å². The fraction of sp³-hybridized carbons (Fsp3) is 0.233. The molecule has 3 aromatic rings. The van der Waals surface area contributed by atoms with E-state index in [9.17, 15) is 14.4 Å². The summed E-state index contributed by atoms with van der Waals surface area (Å²) >= 11 is 0. The molecule has 3 amide bonds. The maximum absolute atomic E-state index is 13.1. The molecule has 0 spiro atoms. The van der Waals surface area contributed by atoms with Gasteiger partial charge in [0.25, 0.3) is 5.91 Å².